The van der Waals surface area contributed by atoms with E-state index in [-0.39, 0.29) is 11.8 Å². The van der Waals surface area contributed by atoms with Crippen molar-refractivity contribution >= 4 is 46.1 Å². The maximum Gasteiger partial charge on any atom is 0.337 e. The van der Waals surface area contributed by atoms with Crippen molar-refractivity contribution in [2.75, 3.05) is 57.1 Å². The highest BCUT2D eigenvalue weighted by Crippen LogP contribution is 2.38. The molecular weight excluding hydrogens is 536 g/mol. The van der Waals surface area contributed by atoms with Crippen LogP contribution in [0.2, 0.25) is 0 Å². The summed E-state index contributed by atoms with van der Waals surface area (Å²) in [4.78, 5) is 40.3. The quantitative estimate of drug-likeness (QED) is 0.218. The summed E-state index contributed by atoms with van der Waals surface area (Å²) >= 11 is 0. The standard InChI is InChI=1S/C32H36N4O6/c1-36(31(39)32(33,16-18-40-2)17-19-41-3)24-13-11-23(12-14-24)34-28(21-8-6-5-7-9-21)27-25-15-10-22(30(38)42-4)20-26(25)35-29(27)37/h5-15,20,34H,16-19,33H2,1-4H3,(H,35,37)/b28-27-. The molecule has 0 aromatic heterocycles. The Morgan fingerprint density at radius 3 is 2.14 bits per heavy atom. The molecule has 220 valence electrons. The van der Waals surface area contributed by atoms with Crippen LogP contribution in [0.1, 0.15) is 34.3 Å². The molecule has 4 rings (SSSR count). The van der Waals surface area contributed by atoms with E-state index in [1.165, 1.54) is 12.0 Å². The highest BCUT2D eigenvalue weighted by Gasteiger charge is 2.36. The molecule has 0 unspecified atom stereocenters. The second kappa shape index (κ2) is 13.4. The number of hydrogen-bond donors (Lipinski definition) is 3. The molecule has 0 radical (unpaired) electrons. The topological polar surface area (TPSA) is 132 Å². The highest BCUT2D eigenvalue weighted by atomic mass is 16.5. The lowest BCUT2D eigenvalue weighted by atomic mass is 9.91. The Kier molecular flexibility index (Phi) is 9.74. The fourth-order valence-corrected chi connectivity index (χ4v) is 4.82. The normalized spacial score (nSPS) is 13.7. The van der Waals surface area contributed by atoms with Gasteiger partial charge in [0.15, 0.2) is 0 Å². The third-order valence-corrected chi connectivity index (χ3v) is 7.26. The maximum absolute atomic E-state index is 13.4. The first kappa shape index (κ1) is 30.4. The second-order valence-corrected chi connectivity index (χ2v) is 10.00. The fourth-order valence-electron chi connectivity index (χ4n) is 4.82. The van der Waals surface area contributed by atoms with Gasteiger partial charge in [-0.15, -0.1) is 0 Å². The van der Waals surface area contributed by atoms with Crippen LogP contribution in [0.3, 0.4) is 0 Å². The van der Waals surface area contributed by atoms with Crippen molar-refractivity contribution in [3.05, 3.63) is 89.5 Å². The van der Waals surface area contributed by atoms with Gasteiger partial charge in [0.05, 0.1) is 29.6 Å². The number of fused-ring (bicyclic) bond motifs is 1. The summed E-state index contributed by atoms with van der Waals surface area (Å²) < 4.78 is 15.2. The van der Waals surface area contributed by atoms with Gasteiger partial charge in [0.1, 0.15) is 5.54 Å². The molecule has 0 aliphatic carbocycles. The number of esters is 1. The highest BCUT2D eigenvalue weighted by molar-refractivity contribution is 6.37. The molecule has 42 heavy (non-hydrogen) atoms. The predicted octanol–water partition coefficient (Wildman–Crippen LogP) is 4.14. The van der Waals surface area contributed by atoms with Gasteiger partial charge < -0.3 is 35.5 Å². The number of rotatable bonds is 12. The Labute approximate surface area is 245 Å². The third kappa shape index (κ3) is 6.52. The van der Waals surface area contributed by atoms with E-state index in [1.807, 2.05) is 54.6 Å². The number of amides is 2. The lowest BCUT2D eigenvalue weighted by Gasteiger charge is -2.32. The zero-order chi connectivity index (χ0) is 30.3. The van der Waals surface area contributed by atoms with Crippen molar-refractivity contribution in [3.8, 4) is 0 Å². The number of carbonyl (C=O) groups is 3. The van der Waals surface area contributed by atoms with Crippen LogP contribution in [0, 0.1) is 0 Å². The van der Waals surface area contributed by atoms with E-state index in [9.17, 15) is 14.4 Å². The van der Waals surface area contributed by atoms with Crippen LogP contribution in [0.15, 0.2) is 72.8 Å². The van der Waals surface area contributed by atoms with E-state index >= 15 is 0 Å². The minimum atomic E-state index is -1.14. The number of benzene rings is 3. The molecule has 10 heteroatoms. The number of nitrogens with two attached hydrogens (primary N) is 1. The summed E-state index contributed by atoms with van der Waals surface area (Å²) in [5, 5.41) is 6.27. The van der Waals surface area contributed by atoms with Crippen LogP contribution in [0.25, 0.3) is 11.3 Å². The smallest absolute Gasteiger partial charge is 0.337 e. The molecular formula is C32H36N4O6. The van der Waals surface area contributed by atoms with Gasteiger partial charge in [-0.3, -0.25) is 9.59 Å². The number of anilines is 3. The number of nitrogens with one attached hydrogen (secondary N) is 2. The number of methoxy groups -OCH3 is 3. The van der Waals surface area contributed by atoms with Crippen molar-refractivity contribution in [3.63, 3.8) is 0 Å². The molecule has 0 saturated carbocycles. The molecule has 10 nitrogen and oxygen atoms in total. The summed E-state index contributed by atoms with van der Waals surface area (Å²) in [5.41, 5.74) is 10.1. The number of carbonyl (C=O) groups excluding carboxylic acids is 3. The van der Waals surface area contributed by atoms with Gasteiger partial charge in [0.2, 0.25) is 5.91 Å². The molecule has 2 amide bonds. The molecule has 3 aromatic rings. The second-order valence-electron chi connectivity index (χ2n) is 10.00. The Bertz CT molecular complexity index is 1460. The molecule has 0 spiro atoms. The van der Waals surface area contributed by atoms with Crippen molar-refractivity contribution in [1.29, 1.82) is 0 Å². The lowest BCUT2D eigenvalue weighted by molar-refractivity contribution is -0.124. The number of likely N-dealkylation sites (N-methyl/N-ethyl adjacent to an activating group) is 1. The SMILES string of the molecule is COCCC(N)(CCOC)C(=O)N(C)c1ccc(N/C(=C2\C(=O)Nc3cc(C(=O)OC)ccc32)c2ccccc2)cc1. The van der Waals surface area contributed by atoms with Gasteiger partial charge in [-0.2, -0.15) is 0 Å². The van der Waals surface area contributed by atoms with Gasteiger partial charge in [0, 0.05) is 51.4 Å². The molecule has 0 saturated heterocycles. The molecule has 1 aliphatic heterocycles. The molecule has 0 bridgehead atoms. The molecule has 3 aromatic carbocycles. The van der Waals surface area contributed by atoms with Crippen LogP contribution in [0.4, 0.5) is 17.1 Å². The van der Waals surface area contributed by atoms with Gasteiger partial charge >= 0.3 is 5.97 Å². The van der Waals surface area contributed by atoms with E-state index in [0.717, 1.165) is 5.56 Å². The summed E-state index contributed by atoms with van der Waals surface area (Å²) in [5.74, 6) is -1.03. The first-order chi connectivity index (χ1) is 20.2. The van der Waals surface area contributed by atoms with E-state index in [4.69, 9.17) is 19.9 Å². The maximum atomic E-state index is 13.4. The zero-order valence-electron chi connectivity index (χ0n) is 24.2. The van der Waals surface area contributed by atoms with Crippen molar-refractivity contribution in [2.45, 2.75) is 18.4 Å². The van der Waals surface area contributed by atoms with E-state index in [1.54, 1.807) is 39.5 Å². The van der Waals surface area contributed by atoms with Crippen molar-refractivity contribution < 1.29 is 28.6 Å². The average Bonchev–Trinajstić information content (AvgIpc) is 3.35. The Morgan fingerprint density at radius 2 is 1.55 bits per heavy atom. The largest absolute Gasteiger partial charge is 0.465 e. The van der Waals surface area contributed by atoms with Crippen LogP contribution in [-0.4, -0.2) is 64.9 Å². The van der Waals surface area contributed by atoms with Gasteiger partial charge in [0.25, 0.3) is 5.91 Å². The molecule has 1 aliphatic rings. The minimum Gasteiger partial charge on any atom is -0.465 e. The molecule has 4 N–H and O–H groups in total. The third-order valence-electron chi connectivity index (χ3n) is 7.26. The summed E-state index contributed by atoms with van der Waals surface area (Å²) in [6, 6.07) is 21.7. The fraction of sp³-hybridized carbons (Fsp3) is 0.281. The lowest BCUT2D eigenvalue weighted by Crippen LogP contribution is -2.55. The molecule has 1 heterocycles. The van der Waals surface area contributed by atoms with Crippen LogP contribution >= 0.6 is 0 Å². The van der Waals surface area contributed by atoms with Crippen LogP contribution in [-0.2, 0) is 23.8 Å². The minimum absolute atomic E-state index is 0.241. The van der Waals surface area contributed by atoms with Crippen LogP contribution < -0.4 is 21.3 Å². The molecule has 0 fully saturated rings. The summed E-state index contributed by atoms with van der Waals surface area (Å²) in [6.07, 6.45) is 0.711. The first-order valence-electron chi connectivity index (χ1n) is 13.5. The van der Waals surface area contributed by atoms with Crippen molar-refractivity contribution in [2.24, 2.45) is 5.73 Å². The van der Waals surface area contributed by atoms with E-state index < -0.39 is 11.5 Å². The zero-order valence-corrected chi connectivity index (χ0v) is 24.2. The molecule has 0 atom stereocenters. The number of hydrogen-bond acceptors (Lipinski definition) is 8. The van der Waals surface area contributed by atoms with E-state index in [0.29, 0.717) is 65.5 Å². The Morgan fingerprint density at radius 1 is 0.905 bits per heavy atom. The number of ether oxygens (including phenoxy) is 3. The Balaban J connectivity index is 1.65. The Hall–Kier alpha value is -4.51. The predicted molar refractivity (Wildman–Crippen MR) is 163 cm³/mol. The van der Waals surface area contributed by atoms with Gasteiger partial charge in [-0.1, -0.05) is 36.4 Å². The average molecular weight is 573 g/mol. The monoisotopic (exact) mass is 572 g/mol. The van der Waals surface area contributed by atoms with E-state index in [2.05, 4.69) is 10.6 Å². The first-order valence-corrected chi connectivity index (χ1v) is 13.5. The summed E-state index contributed by atoms with van der Waals surface area (Å²) in [7, 11) is 6.14. The van der Waals surface area contributed by atoms with Gasteiger partial charge in [-0.05, 0) is 54.8 Å². The van der Waals surface area contributed by atoms with Crippen LogP contribution in [0.5, 0.6) is 0 Å². The van der Waals surface area contributed by atoms with Gasteiger partial charge in [-0.25, -0.2) is 4.79 Å². The summed E-state index contributed by atoms with van der Waals surface area (Å²) in [6.45, 7) is 0.695. The van der Waals surface area contributed by atoms with Crippen molar-refractivity contribution in [1.82, 2.24) is 0 Å². The number of nitrogens with zero attached hydrogens (tertiary/aromatic N) is 1.